The van der Waals surface area contributed by atoms with Gasteiger partial charge < -0.3 is 30.2 Å². The molecule has 4 heterocycles. The van der Waals surface area contributed by atoms with Crippen LogP contribution in [0.25, 0.3) is 22.2 Å². The highest BCUT2D eigenvalue weighted by Gasteiger charge is 2.46. The van der Waals surface area contributed by atoms with Crippen molar-refractivity contribution in [2.24, 2.45) is 0 Å². The summed E-state index contributed by atoms with van der Waals surface area (Å²) in [4.78, 5) is 39.4. The fourth-order valence-corrected chi connectivity index (χ4v) is 5.69. The van der Waals surface area contributed by atoms with E-state index in [-0.39, 0.29) is 30.9 Å². The number of nitrogens with one attached hydrogen (secondary N) is 3. The van der Waals surface area contributed by atoms with Gasteiger partial charge in [-0.25, -0.2) is 9.37 Å². The second kappa shape index (κ2) is 11.8. The van der Waals surface area contributed by atoms with Crippen molar-refractivity contribution in [2.75, 3.05) is 13.2 Å². The number of aromatic amines is 1. The average molecular weight is 636 g/mol. The molecule has 4 N–H and O–H groups in total. The standard InChI is InChI=1S/C36H34FN5O5/c1-35(34(44)40-18-25-6-4-13-38-25)20-46-32-27(35)17-29(42-31(32)21-7-9-24(37)10-8-21)36(2,45)19-41-33(43)23-15-22-5-3-14-39-30(22)28(16-23)47-26-11-12-26/h3-10,13-17,26,38,45H,11-12,18-20H2,1-2H3,(H,40,44)(H,41,43)/t35-,36-/m0/s1. The van der Waals surface area contributed by atoms with Crippen LogP contribution in [0.1, 0.15) is 54.0 Å². The third kappa shape index (κ3) is 6.01. The van der Waals surface area contributed by atoms with Gasteiger partial charge in [-0.15, -0.1) is 0 Å². The van der Waals surface area contributed by atoms with Gasteiger partial charge in [0, 0.05) is 40.2 Å². The van der Waals surface area contributed by atoms with E-state index in [0.29, 0.717) is 45.9 Å². The molecule has 10 nitrogen and oxygen atoms in total. The normalized spacial score (nSPS) is 18.2. The predicted octanol–water partition coefficient (Wildman–Crippen LogP) is 4.91. The Morgan fingerprint density at radius 2 is 1.94 bits per heavy atom. The number of benzene rings is 2. The Morgan fingerprint density at radius 3 is 2.68 bits per heavy atom. The van der Waals surface area contributed by atoms with Gasteiger partial charge in [-0.05, 0) is 87.4 Å². The zero-order chi connectivity index (χ0) is 32.8. The lowest BCUT2D eigenvalue weighted by molar-refractivity contribution is -0.126. The van der Waals surface area contributed by atoms with Crippen LogP contribution in [0, 0.1) is 5.82 Å². The molecule has 0 spiro atoms. The van der Waals surface area contributed by atoms with Crippen LogP contribution in [0.15, 0.2) is 79.1 Å². The van der Waals surface area contributed by atoms with E-state index in [4.69, 9.17) is 14.5 Å². The fraction of sp³-hybridized carbons (Fsp3) is 0.278. The number of fused-ring (bicyclic) bond motifs is 2. The maximum atomic E-state index is 13.9. The number of carbonyl (C=O) groups excluding carboxylic acids is 2. The molecule has 11 heteroatoms. The number of H-pyrrole nitrogens is 1. The maximum absolute atomic E-state index is 13.9. The predicted molar refractivity (Wildman–Crippen MR) is 172 cm³/mol. The number of amides is 2. The molecule has 47 heavy (non-hydrogen) atoms. The number of ether oxygens (including phenoxy) is 2. The lowest BCUT2D eigenvalue weighted by atomic mass is 9.81. The van der Waals surface area contributed by atoms with Crippen LogP contribution in [0.5, 0.6) is 11.5 Å². The van der Waals surface area contributed by atoms with E-state index in [2.05, 4.69) is 20.6 Å². The molecule has 0 radical (unpaired) electrons. The number of carbonyl (C=O) groups is 2. The summed E-state index contributed by atoms with van der Waals surface area (Å²) in [5.41, 5.74) is 0.747. The average Bonchev–Trinajstić information content (AvgIpc) is 3.60. The zero-order valence-electron chi connectivity index (χ0n) is 26.0. The van der Waals surface area contributed by atoms with Crippen LogP contribution >= 0.6 is 0 Å². The minimum Gasteiger partial charge on any atom is -0.489 e. The zero-order valence-corrected chi connectivity index (χ0v) is 26.0. The Morgan fingerprint density at radius 1 is 1.13 bits per heavy atom. The second-order valence-corrected chi connectivity index (χ2v) is 12.6. The van der Waals surface area contributed by atoms with E-state index < -0.39 is 22.7 Å². The molecule has 2 amide bonds. The first-order chi connectivity index (χ1) is 22.6. The van der Waals surface area contributed by atoms with Gasteiger partial charge in [-0.3, -0.25) is 14.6 Å². The molecule has 5 aromatic rings. The van der Waals surface area contributed by atoms with Crippen molar-refractivity contribution in [3.63, 3.8) is 0 Å². The summed E-state index contributed by atoms with van der Waals surface area (Å²) < 4.78 is 26.0. The van der Waals surface area contributed by atoms with E-state index in [0.717, 1.165) is 23.9 Å². The minimum absolute atomic E-state index is 0.0409. The molecule has 1 aliphatic heterocycles. The maximum Gasteiger partial charge on any atom is 0.251 e. The van der Waals surface area contributed by atoms with Gasteiger partial charge in [0.1, 0.15) is 46.1 Å². The third-order valence-electron chi connectivity index (χ3n) is 8.69. The molecule has 2 aromatic carbocycles. The molecule has 1 aliphatic carbocycles. The quantitative estimate of drug-likeness (QED) is 0.171. The van der Waals surface area contributed by atoms with Gasteiger partial charge in [-0.2, -0.15) is 0 Å². The van der Waals surface area contributed by atoms with Gasteiger partial charge in [0.25, 0.3) is 5.91 Å². The number of aromatic nitrogens is 3. The fourth-order valence-electron chi connectivity index (χ4n) is 5.69. The largest absolute Gasteiger partial charge is 0.489 e. The number of hydrogen-bond acceptors (Lipinski definition) is 7. The first kappa shape index (κ1) is 30.4. The van der Waals surface area contributed by atoms with Crippen molar-refractivity contribution in [3.05, 3.63) is 107 Å². The van der Waals surface area contributed by atoms with Crippen LogP contribution in [-0.4, -0.2) is 51.1 Å². The molecule has 7 rings (SSSR count). The lowest BCUT2D eigenvalue weighted by Crippen LogP contribution is -2.43. The molecule has 2 aliphatic rings. The Balaban J connectivity index is 1.19. The molecule has 3 aromatic heterocycles. The Hall–Kier alpha value is -5.29. The molecule has 240 valence electrons. The van der Waals surface area contributed by atoms with Crippen molar-refractivity contribution in [2.45, 2.75) is 50.4 Å². The minimum atomic E-state index is -1.67. The summed E-state index contributed by atoms with van der Waals surface area (Å²) in [6.45, 7) is 3.45. The van der Waals surface area contributed by atoms with E-state index in [1.54, 1.807) is 62.6 Å². The smallest absolute Gasteiger partial charge is 0.251 e. The highest BCUT2D eigenvalue weighted by atomic mass is 19.1. The first-order valence-electron chi connectivity index (χ1n) is 15.5. The molecule has 1 fully saturated rings. The molecule has 2 atom stereocenters. The van der Waals surface area contributed by atoms with Crippen LogP contribution in [0.3, 0.4) is 0 Å². The SMILES string of the molecule is C[C@](O)(CNC(=O)c1cc(OC2CC2)c2ncccc2c1)c1cc2c(c(-c3ccc(F)cc3)n1)OC[C@]2(C)C(=O)NCc1ccc[nH]1. The van der Waals surface area contributed by atoms with Gasteiger partial charge in [-0.1, -0.05) is 6.07 Å². The van der Waals surface area contributed by atoms with Crippen molar-refractivity contribution in [3.8, 4) is 22.8 Å². The molecular formula is C36H34FN5O5. The number of aliphatic hydroxyl groups is 1. The number of pyridine rings is 2. The van der Waals surface area contributed by atoms with Gasteiger partial charge in [0.15, 0.2) is 0 Å². The summed E-state index contributed by atoms with van der Waals surface area (Å²) in [5.74, 6) is -0.170. The van der Waals surface area contributed by atoms with Gasteiger partial charge in [0.05, 0.1) is 24.9 Å². The number of hydrogen-bond donors (Lipinski definition) is 4. The topological polar surface area (TPSA) is 138 Å². The summed E-state index contributed by atoms with van der Waals surface area (Å²) in [7, 11) is 0. The van der Waals surface area contributed by atoms with E-state index in [1.165, 1.54) is 12.1 Å². The van der Waals surface area contributed by atoms with Crippen LogP contribution in [0.4, 0.5) is 4.39 Å². The Labute approximate surface area is 270 Å². The molecule has 0 saturated heterocycles. The van der Waals surface area contributed by atoms with Crippen LogP contribution in [-0.2, 0) is 22.4 Å². The van der Waals surface area contributed by atoms with E-state index >= 15 is 0 Å². The highest BCUT2D eigenvalue weighted by Crippen LogP contribution is 2.46. The van der Waals surface area contributed by atoms with Gasteiger partial charge >= 0.3 is 0 Å². The Kier molecular flexibility index (Phi) is 7.63. The van der Waals surface area contributed by atoms with Gasteiger partial charge in [0.2, 0.25) is 5.91 Å². The molecule has 0 unspecified atom stereocenters. The van der Waals surface area contributed by atoms with E-state index in [9.17, 15) is 19.1 Å². The second-order valence-electron chi connectivity index (χ2n) is 12.6. The summed E-state index contributed by atoms with van der Waals surface area (Å²) in [6.07, 6.45) is 5.50. The Bertz CT molecular complexity index is 1970. The third-order valence-corrected chi connectivity index (χ3v) is 8.69. The van der Waals surface area contributed by atoms with Crippen molar-refractivity contribution in [1.82, 2.24) is 25.6 Å². The van der Waals surface area contributed by atoms with Crippen molar-refractivity contribution >= 4 is 22.7 Å². The lowest BCUT2D eigenvalue weighted by Gasteiger charge is -2.27. The molecular weight excluding hydrogens is 601 g/mol. The van der Waals surface area contributed by atoms with Crippen LogP contribution < -0.4 is 20.1 Å². The number of rotatable bonds is 10. The van der Waals surface area contributed by atoms with Crippen molar-refractivity contribution < 1.29 is 28.6 Å². The summed E-state index contributed by atoms with van der Waals surface area (Å²) in [5, 5.41) is 18.4. The number of halogens is 1. The summed E-state index contributed by atoms with van der Waals surface area (Å²) >= 11 is 0. The van der Waals surface area contributed by atoms with Crippen molar-refractivity contribution in [1.29, 1.82) is 0 Å². The number of nitrogens with zero attached hydrogens (tertiary/aromatic N) is 2. The van der Waals surface area contributed by atoms with Crippen LogP contribution in [0.2, 0.25) is 0 Å². The molecule has 0 bridgehead atoms. The molecule has 1 saturated carbocycles. The van der Waals surface area contributed by atoms with E-state index in [1.807, 2.05) is 18.2 Å². The first-order valence-corrected chi connectivity index (χ1v) is 15.5. The summed E-state index contributed by atoms with van der Waals surface area (Å²) in [6, 6.07) is 18.2. The monoisotopic (exact) mass is 635 g/mol. The highest BCUT2D eigenvalue weighted by molar-refractivity contribution is 6.00.